The van der Waals surface area contributed by atoms with Crippen LogP contribution in [0.15, 0.2) is 47.0 Å². The first kappa shape index (κ1) is 16.8. The number of nitrogens with zero attached hydrogens (tertiary/aromatic N) is 3. The predicted octanol–water partition coefficient (Wildman–Crippen LogP) is 3.39. The number of H-pyrrole nitrogens is 1. The molecule has 0 radical (unpaired) electrons. The number of aryl methyl sites for hydroxylation is 2. The summed E-state index contributed by atoms with van der Waals surface area (Å²) in [6, 6.07) is 12.5. The van der Waals surface area contributed by atoms with E-state index in [-0.39, 0.29) is 12.5 Å². The standard InChI is InChI=1S/C19H17N5O3/c1-11-16-8-3-13(9-17(16)23-22-11)19(25)21-14-4-6-15(7-5-14)26-10-18-20-12(2)27-24-18/h3-9H,10H2,1-2H3,(H,21,25)(H,22,23). The van der Waals surface area contributed by atoms with Crippen LogP contribution in [0.2, 0.25) is 0 Å². The summed E-state index contributed by atoms with van der Waals surface area (Å²) in [5.41, 5.74) is 2.95. The van der Waals surface area contributed by atoms with Gasteiger partial charge in [-0.05, 0) is 43.3 Å². The van der Waals surface area contributed by atoms with Gasteiger partial charge >= 0.3 is 0 Å². The van der Waals surface area contributed by atoms with Gasteiger partial charge in [-0.2, -0.15) is 10.1 Å². The molecule has 2 heterocycles. The number of amides is 1. The summed E-state index contributed by atoms with van der Waals surface area (Å²) < 4.78 is 10.5. The minimum Gasteiger partial charge on any atom is -0.485 e. The van der Waals surface area contributed by atoms with Crippen LogP contribution in [0.5, 0.6) is 5.75 Å². The lowest BCUT2D eigenvalue weighted by Gasteiger charge is -2.07. The average molecular weight is 363 g/mol. The van der Waals surface area contributed by atoms with Crippen molar-refractivity contribution in [1.82, 2.24) is 20.3 Å². The number of hydrogen-bond acceptors (Lipinski definition) is 6. The molecule has 0 aliphatic heterocycles. The highest BCUT2D eigenvalue weighted by atomic mass is 16.5. The molecule has 2 aromatic heterocycles. The molecule has 0 fully saturated rings. The van der Waals surface area contributed by atoms with Crippen molar-refractivity contribution in [3.8, 4) is 5.75 Å². The average Bonchev–Trinajstić information content (AvgIpc) is 3.26. The first-order valence-electron chi connectivity index (χ1n) is 8.36. The lowest BCUT2D eigenvalue weighted by Crippen LogP contribution is -2.11. The van der Waals surface area contributed by atoms with Crippen molar-refractivity contribution in [1.29, 1.82) is 0 Å². The molecule has 136 valence electrons. The quantitative estimate of drug-likeness (QED) is 0.563. The SMILES string of the molecule is Cc1nc(COc2ccc(NC(=O)c3ccc4c(C)[nH]nc4c3)cc2)no1. The van der Waals surface area contributed by atoms with E-state index < -0.39 is 0 Å². The number of rotatable bonds is 5. The fraction of sp³-hybridized carbons (Fsp3) is 0.158. The Labute approximate surface area is 154 Å². The van der Waals surface area contributed by atoms with Crippen molar-refractivity contribution in [2.24, 2.45) is 0 Å². The molecular formula is C19H17N5O3. The third-order valence-corrected chi connectivity index (χ3v) is 4.06. The van der Waals surface area contributed by atoms with Gasteiger partial charge in [0.25, 0.3) is 5.91 Å². The molecule has 0 aliphatic rings. The summed E-state index contributed by atoms with van der Waals surface area (Å²) in [5.74, 6) is 1.42. The monoisotopic (exact) mass is 363 g/mol. The minimum absolute atomic E-state index is 0.200. The highest BCUT2D eigenvalue weighted by Gasteiger charge is 2.10. The van der Waals surface area contributed by atoms with E-state index in [1.807, 2.05) is 13.0 Å². The Kier molecular flexibility index (Phi) is 4.29. The third kappa shape index (κ3) is 3.64. The molecule has 2 aromatic carbocycles. The number of benzene rings is 2. The van der Waals surface area contributed by atoms with Gasteiger partial charge in [0.1, 0.15) is 5.75 Å². The van der Waals surface area contributed by atoms with Crippen LogP contribution in [0.25, 0.3) is 10.9 Å². The molecule has 0 aliphatic carbocycles. The van der Waals surface area contributed by atoms with Crippen LogP contribution in [0.1, 0.15) is 27.8 Å². The van der Waals surface area contributed by atoms with Crippen LogP contribution in [-0.4, -0.2) is 26.2 Å². The second kappa shape index (κ2) is 6.91. The molecular weight excluding hydrogens is 346 g/mol. The maximum absolute atomic E-state index is 12.5. The van der Waals surface area contributed by atoms with Gasteiger partial charge in [-0.3, -0.25) is 9.89 Å². The molecule has 8 heteroatoms. The smallest absolute Gasteiger partial charge is 0.255 e. The van der Waals surface area contributed by atoms with Crippen molar-refractivity contribution >= 4 is 22.5 Å². The highest BCUT2D eigenvalue weighted by molar-refractivity contribution is 6.06. The van der Waals surface area contributed by atoms with Crippen LogP contribution in [0, 0.1) is 13.8 Å². The van der Waals surface area contributed by atoms with Crippen molar-refractivity contribution in [3.63, 3.8) is 0 Å². The number of hydrogen-bond donors (Lipinski definition) is 2. The maximum atomic E-state index is 12.5. The number of aromatic amines is 1. The van der Waals surface area contributed by atoms with Crippen LogP contribution >= 0.6 is 0 Å². The van der Waals surface area contributed by atoms with Gasteiger partial charge in [0.2, 0.25) is 11.7 Å². The second-order valence-corrected chi connectivity index (χ2v) is 6.08. The Hall–Kier alpha value is -3.68. The van der Waals surface area contributed by atoms with Gasteiger partial charge in [-0.25, -0.2) is 0 Å². The lowest BCUT2D eigenvalue weighted by atomic mass is 10.1. The number of anilines is 1. The summed E-state index contributed by atoms with van der Waals surface area (Å²) in [6.45, 7) is 3.88. The topological polar surface area (TPSA) is 106 Å². The normalized spacial score (nSPS) is 10.9. The largest absolute Gasteiger partial charge is 0.485 e. The van der Waals surface area contributed by atoms with Gasteiger partial charge in [0.15, 0.2) is 6.61 Å². The summed E-state index contributed by atoms with van der Waals surface area (Å²) in [4.78, 5) is 16.5. The van der Waals surface area contributed by atoms with E-state index in [9.17, 15) is 4.79 Å². The predicted molar refractivity (Wildman–Crippen MR) is 98.6 cm³/mol. The van der Waals surface area contributed by atoms with Crippen LogP contribution in [-0.2, 0) is 6.61 Å². The first-order chi connectivity index (χ1) is 13.1. The minimum atomic E-state index is -0.200. The summed E-state index contributed by atoms with van der Waals surface area (Å²) >= 11 is 0. The number of nitrogens with one attached hydrogen (secondary N) is 2. The Bertz CT molecular complexity index is 1100. The Morgan fingerprint density at radius 3 is 2.74 bits per heavy atom. The molecule has 4 rings (SSSR count). The number of ether oxygens (including phenoxy) is 1. The zero-order chi connectivity index (χ0) is 18.8. The lowest BCUT2D eigenvalue weighted by molar-refractivity contribution is 0.102. The zero-order valence-electron chi connectivity index (χ0n) is 14.8. The molecule has 0 spiro atoms. The molecule has 4 aromatic rings. The van der Waals surface area contributed by atoms with E-state index in [4.69, 9.17) is 9.26 Å². The van der Waals surface area contributed by atoms with Gasteiger partial charge in [-0.15, -0.1) is 0 Å². The molecule has 0 bridgehead atoms. The number of fused-ring (bicyclic) bond motifs is 1. The van der Waals surface area contributed by atoms with Crippen LogP contribution < -0.4 is 10.1 Å². The summed E-state index contributed by atoms with van der Waals surface area (Å²) in [5, 5.41) is 14.7. The number of aromatic nitrogens is 4. The molecule has 8 nitrogen and oxygen atoms in total. The van der Waals surface area contributed by atoms with E-state index in [1.54, 1.807) is 43.3 Å². The third-order valence-electron chi connectivity index (χ3n) is 4.06. The van der Waals surface area contributed by atoms with E-state index in [0.717, 1.165) is 16.6 Å². The Morgan fingerprint density at radius 1 is 1.19 bits per heavy atom. The second-order valence-electron chi connectivity index (χ2n) is 6.08. The van der Waals surface area contributed by atoms with Crippen molar-refractivity contribution in [2.45, 2.75) is 20.5 Å². The molecule has 0 saturated carbocycles. The first-order valence-corrected chi connectivity index (χ1v) is 8.36. The van der Waals surface area contributed by atoms with Crippen molar-refractivity contribution < 1.29 is 14.1 Å². The molecule has 2 N–H and O–H groups in total. The van der Waals surface area contributed by atoms with Crippen LogP contribution in [0.3, 0.4) is 0 Å². The molecule has 0 atom stereocenters. The van der Waals surface area contributed by atoms with Gasteiger partial charge in [-0.1, -0.05) is 11.2 Å². The number of carbonyl (C=O) groups excluding carboxylic acids is 1. The highest BCUT2D eigenvalue weighted by Crippen LogP contribution is 2.20. The van der Waals surface area contributed by atoms with E-state index in [2.05, 4.69) is 25.7 Å². The molecule has 1 amide bonds. The van der Waals surface area contributed by atoms with Crippen molar-refractivity contribution in [3.05, 3.63) is 65.4 Å². The van der Waals surface area contributed by atoms with E-state index in [0.29, 0.717) is 28.7 Å². The van der Waals surface area contributed by atoms with Gasteiger partial charge < -0.3 is 14.6 Å². The van der Waals surface area contributed by atoms with E-state index >= 15 is 0 Å². The molecule has 0 unspecified atom stereocenters. The fourth-order valence-electron chi connectivity index (χ4n) is 2.67. The molecule has 0 saturated heterocycles. The van der Waals surface area contributed by atoms with Crippen LogP contribution in [0.4, 0.5) is 5.69 Å². The van der Waals surface area contributed by atoms with Gasteiger partial charge in [0, 0.05) is 29.3 Å². The molecule has 27 heavy (non-hydrogen) atoms. The fourth-order valence-corrected chi connectivity index (χ4v) is 2.67. The maximum Gasteiger partial charge on any atom is 0.255 e. The Balaban J connectivity index is 1.40. The van der Waals surface area contributed by atoms with E-state index in [1.165, 1.54) is 0 Å². The number of carbonyl (C=O) groups is 1. The van der Waals surface area contributed by atoms with Crippen molar-refractivity contribution in [2.75, 3.05) is 5.32 Å². The summed E-state index contributed by atoms with van der Waals surface area (Å²) in [7, 11) is 0. The Morgan fingerprint density at radius 2 is 2.00 bits per heavy atom. The zero-order valence-corrected chi connectivity index (χ0v) is 14.8. The summed E-state index contributed by atoms with van der Waals surface area (Å²) in [6.07, 6.45) is 0. The van der Waals surface area contributed by atoms with Gasteiger partial charge in [0.05, 0.1) is 5.52 Å².